The molecule has 0 saturated carbocycles. The van der Waals surface area contributed by atoms with Crippen molar-refractivity contribution in [3.8, 4) is 0 Å². The van der Waals surface area contributed by atoms with E-state index in [4.69, 9.17) is 5.73 Å². The number of nitrogens with zero attached hydrogens (tertiary/aromatic N) is 1. The van der Waals surface area contributed by atoms with Gasteiger partial charge in [0.15, 0.2) is 0 Å². The van der Waals surface area contributed by atoms with Crippen LogP contribution in [0.3, 0.4) is 0 Å². The first-order valence-corrected chi connectivity index (χ1v) is 7.92. The molecule has 5 nitrogen and oxygen atoms in total. The lowest BCUT2D eigenvalue weighted by Gasteiger charge is -2.09. The number of pyridine rings is 1. The molecule has 0 unspecified atom stereocenters. The molecule has 0 spiro atoms. The van der Waals surface area contributed by atoms with E-state index in [9.17, 15) is 17.2 Å². The molecule has 2 rings (SSSR count). The lowest BCUT2D eigenvalue weighted by molar-refractivity contribution is 0.562. The number of aromatic nitrogens is 1. The zero-order valence-corrected chi connectivity index (χ0v) is 12.9. The number of halogens is 3. The molecule has 3 N–H and O–H groups in total. The van der Waals surface area contributed by atoms with Gasteiger partial charge in [0.05, 0.1) is 0 Å². The second-order valence-electron chi connectivity index (χ2n) is 4.10. The van der Waals surface area contributed by atoms with Crippen molar-refractivity contribution < 1.29 is 17.2 Å². The van der Waals surface area contributed by atoms with Gasteiger partial charge in [-0.15, -0.1) is 0 Å². The SMILES string of the molecule is Nc1ncc(Br)cc1S(=O)(=O)NCc1ccc(F)cc1F. The van der Waals surface area contributed by atoms with Gasteiger partial charge in [-0.25, -0.2) is 26.9 Å². The minimum absolute atomic E-state index is 0.0153. The Morgan fingerprint density at radius 1 is 1.29 bits per heavy atom. The molecule has 0 saturated heterocycles. The summed E-state index contributed by atoms with van der Waals surface area (Å²) in [6.07, 6.45) is 1.36. The minimum atomic E-state index is -3.97. The highest BCUT2D eigenvalue weighted by Crippen LogP contribution is 2.20. The van der Waals surface area contributed by atoms with Crippen molar-refractivity contribution in [3.05, 3.63) is 52.1 Å². The molecule has 2 aromatic rings. The number of nitrogens with one attached hydrogen (secondary N) is 1. The third-order valence-electron chi connectivity index (χ3n) is 2.61. The van der Waals surface area contributed by atoms with E-state index in [1.165, 1.54) is 12.3 Å². The van der Waals surface area contributed by atoms with Crippen molar-refractivity contribution in [1.82, 2.24) is 9.71 Å². The van der Waals surface area contributed by atoms with E-state index < -0.39 is 21.7 Å². The van der Waals surface area contributed by atoms with Crippen LogP contribution in [-0.2, 0) is 16.6 Å². The molecule has 112 valence electrons. The molecular formula is C12H10BrF2N3O2S. The highest BCUT2D eigenvalue weighted by molar-refractivity contribution is 9.10. The minimum Gasteiger partial charge on any atom is -0.383 e. The van der Waals surface area contributed by atoms with E-state index in [1.807, 2.05) is 0 Å². The van der Waals surface area contributed by atoms with Crippen LogP contribution in [0.5, 0.6) is 0 Å². The fourth-order valence-electron chi connectivity index (χ4n) is 1.56. The number of rotatable bonds is 4. The molecule has 0 atom stereocenters. The third-order valence-corrected chi connectivity index (χ3v) is 4.47. The molecule has 0 fully saturated rings. The fourth-order valence-corrected chi connectivity index (χ4v) is 3.16. The first kappa shape index (κ1) is 15.8. The summed E-state index contributed by atoms with van der Waals surface area (Å²) in [5.41, 5.74) is 5.53. The van der Waals surface area contributed by atoms with E-state index in [2.05, 4.69) is 25.6 Å². The zero-order valence-electron chi connectivity index (χ0n) is 10.5. The Kier molecular flexibility index (Phi) is 4.55. The van der Waals surface area contributed by atoms with Crippen molar-refractivity contribution in [2.24, 2.45) is 0 Å². The summed E-state index contributed by atoms with van der Waals surface area (Å²) in [6.45, 7) is -0.333. The standard InChI is InChI=1S/C12H10BrF2N3O2S/c13-8-3-11(12(16)17-6-8)21(19,20)18-5-7-1-2-9(14)4-10(7)15/h1-4,6,18H,5H2,(H2,16,17). The number of nitrogen functional groups attached to an aromatic ring is 1. The summed E-state index contributed by atoms with van der Waals surface area (Å²) in [6, 6.07) is 4.17. The van der Waals surface area contributed by atoms with Crippen LogP contribution in [0, 0.1) is 11.6 Å². The van der Waals surface area contributed by atoms with Crippen LogP contribution >= 0.6 is 15.9 Å². The lowest BCUT2D eigenvalue weighted by atomic mass is 10.2. The maximum Gasteiger partial charge on any atom is 0.244 e. The summed E-state index contributed by atoms with van der Waals surface area (Å²) in [5, 5.41) is 0. The van der Waals surface area contributed by atoms with Gasteiger partial charge in [-0.2, -0.15) is 0 Å². The second kappa shape index (κ2) is 6.04. The molecule has 1 aromatic heterocycles. The highest BCUT2D eigenvalue weighted by atomic mass is 79.9. The highest BCUT2D eigenvalue weighted by Gasteiger charge is 2.19. The van der Waals surface area contributed by atoms with Gasteiger partial charge in [-0.1, -0.05) is 6.07 Å². The Labute approximate surface area is 128 Å². The van der Waals surface area contributed by atoms with Gasteiger partial charge in [0.25, 0.3) is 0 Å². The van der Waals surface area contributed by atoms with Gasteiger partial charge in [0, 0.05) is 28.8 Å². The molecule has 9 heteroatoms. The van der Waals surface area contributed by atoms with Crippen molar-refractivity contribution in [3.63, 3.8) is 0 Å². The predicted molar refractivity (Wildman–Crippen MR) is 76.7 cm³/mol. The summed E-state index contributed by atoms with van der Waals surface area (Å²) >= 11 is 3.09. The van der Waals surface area contributed by atoms with Crippen LogP contribution in [0.4, 0.5) is 14.6 Å². The smallest absolute Gasteiger partial charge is 0.244 e. The van der Waals surface area contributed by atoms with Crippen molar-refractivity contribution in [2.75, 3.05) is 5.73 Å². The van der Waals surface area contributed by atoms with Gasteiger partial charge in [-0.05, 0) is 28.1 Å². The largest absolute Gasteiger partial charge is 0.383 e. The van der Waals surface area contributed by atoms with Crippen LogP contribution in [0.1, 0.15) is 5.56 Å². The Hall–Kier alpha value is -1.58. The van der Waals surface area contributed by atoms with Gasteiger partial charge in [-0.3, -0.25) is 0 Å². The monoisotopic (exact) mass is 377 g/mol. The molecule has 0 bridgehead atoms. The Morgan fingerprint density at radius 3 is 2.67 bits per heavy atom. The van der Waals surface area contributed by atoms with Crippen LogP contribution < -0.4 is 10.5 Å². The molecule has 0 aliphatic heterocycles. The first-order chi connectivity index (χ1) is 9.79. The maximum atomic E-state index is 13.5. The van der Waals surface area contributed by atoms with Crippen LogP contribution in [0.15, 0.2) is 39.8 Å². The van der Waals surface area contributed by atoms with Crippen LogP contribution in [-0.4, -0.2) is 13.4 Å². The van der Waals surface area contributed by atoms with E-state index in [1.54, 1.807) is 0 Å². The summed E-state index contributed by atoms with van der Waals surface area (Å²) in [5.74, 6) is -1.75. The van der Waals surface area contributed by atoms with Crippen molar-refractivity contribution in [1.29, 1.82) is 0 Å². The Morgan fingerprint density at radius 2 is 2.00 bits per heavy atom. The molecule has 0 aliphatic rings. The number of hydrogen-bond acceptors (Lipinski definition) is 4. The first-order valence-electron chi connectivity index (χ1n) is 5.64. The molecule has 21 heavy (non-hydrogen) atoms. The fraction of sp³-hybridized carbons (Fsp3) is 0.0833. The van der Waals surface area contributed by atoms with Crippen LogP contribution in [0.2, 0.25) is 0 Å². The third kappa shape index (κ3) is 3.74. The number of sulfonamides is 1. The van der Waals surface area contributed by atoms with E-state index >= 15 is 0 Å². The Bertz CT molecular complexity index is 784. The summed E-state index contributed by atoms with van der Waals surface area (Å²) in [4.78, 5) is 3.49. The number of anilines is 1. The number of benzene rings is 1. The van der Waals surface area contributed by atoms with Gasteiger partial charge in [0.2, 0.25) is 10.0 Å². The quantitative estimate of drug-likeness (QED) is 0.854. The van der Waals surface area contributed by atoms with Gasteiger partial charge >= 0.3 is 0 Å². The van der Waals surface area contributed by atoms with E-state index in [0.29, 0.717) is 10.5 Å². The number of hydrogen-bond donors (Lipinski definition) is 2. The number of nitrogens with two attached hydrogens (primary N) is 1. The normalized spacial score (nSPS) is 11.6. The molecule has 0 amide bonds. The summed E-state index contributed by atoms with van der Waals surface area (Å²) in [7, 11) is -3.97. The lowest BCUT2D eigenvalue weighted by Crippen LogP contribution is -2.25. The Balaban J connectivity index is 2.24. The second-order valence-corrected chi connectivity index (χ2v) is 6.75. The average Bonchev–Trinajstić information content (AvgIpc) is 2.40. The molecular weight excluding hydrogens is 368 g/mol. The predicted octanol–water partition coefficient (Wildman–Crippen LogP) is 2.18. The van der Waals surface area contributed by atoms with Gasteiger partial charge in [0.1, 0.15) is 22.3 Å². The van der Waals surface area contributed by atoms with Gasteiger partial charge < -0.3 is 5.73 Å². The van der Waals surface area contributed by atoms with Crippen molar-refractivity contribution >= 4 is 31.8 Å². The van der Waals surface area contributed by atoms with Crippen LogP contribution in [0.25, 0.3) is 0 Å². The molecule has 0 aliphatic carbocycles. The van der Waals surface area contributed by atoms with E-state index in [-0.39, 0.29) is 22.8 Å². The maximum absolute atomic E-state index is 13.5. The molecule has 0 radical (unpaired) electrons. The van der Waals surface area contributed by atoms with Crippen molar-refractivity contribution in [2.45, 2.75) is 11.4 Å². The van der Waals surface area contributed by atoms with E-state index in [0.717, 1.165) is 12.1 Å². The molecule has 1 heterocycles. The summed E-state index contributed by atoms with van der Waals surface area (Å²) < 4.78 is 53.1. The molecule has 1 aromatic carbocycles. The topological polar surface area (TPSA) is 85.1 Å². The zero-order chi connectivity index (χ0) is 15.6. The average molecular weight is 378 g/mol.